The van der Waals surface area contributed by atoms with Crippen molar-refractivity contribution in [3.8, 4) is 11.8 Å². The van der Waals surface area contributed by atoms with E-state index in [-0.39, 0.29) is 23.6 Å². The molecule has 33 heavy (non-hydrogen) atoms. The maximum absolute atomic E-state index is 13.2. The Balaban J connectivity index is 1.90. The van der Waals surface area contributed by atoms with Gasteiger partial charge < -0.3 is 15.6 Å². The number of aromatic hydroxyl groups is 1. The highest BCUT2D eigenvalue weighted by Gasteiger charge is 2.35. The molecule has 0 amide bonds. The molecule has 180 valence electrons. The second-order valence-electron chi connectivity index (χ2n) is 9.40. The number of hydrogen-bond donors (Lipinski definition) is 3. The van der Waals surface area contributed by atoms with Crippen molar-refractivity contribution in [3.63, 3.8) is 0 Å². The van der Waals surface area contributed by atoms with Crippen LogP contribution >= 0.6 is 0 Å². The van der Waals surface area contributed by atoms with Crippen molar-refractivity contribution >= 4 is 5.84 Å². The number of amidine groups is 1. The van der Waals surface area contributed by atoms with Gasteiger partial charge in [0.2, 0.25) is 11.8 Å². The molecule has 1 fully saturated rings. The molecule has 2 aromatic heterocycles. The number of nitrogens with one attached hydrogen (secondary N) is 1. The van der Waals surface area contributed by atoms with Crippen molar-refractivity contribution in [1.29, 1.82) is 5.41 Å². The maximum atomic E-state index is 13.2. The van der Waals surface area contributed by atoms with E-state index < -0.39 is 23.0 Å². The normalized spacial score (nSPS) is 20.5. The van der Waals surface area contributed by atoms with Crippen LogP contribution in [0.4, 0.5) is 0 Å². The summed E-state index contributed by atoms with van der Waals surface area (Å²) >= 11 is 0. The predicted octanol–water partition coefficient (Wildman–Crippen LogP) is 2.88. The summed E-state index contributed by atoms with van der Waals surface area (Å²) in [7, 11) is 1.62. The minimum atomic E-state index is -0.680. The quantitative estimate of drug-likeness (QED) is 0.412. The first-order valence-electron chi connectivity index (χ1n) is 11.5. The van der Waals surface area contributed by atoms with E-state index in [9.17, 15) is 14.7 Å². The van der Waals surface area contributed by atoms with Crippen LogP contribution in [0.15, 0.2) is 21.9 Å². The summed E-state index contributed by atoms with van der Waals surface area (Å²) in [5.74, 6) is -0.408. The van der Waals surface area contributed by atoms with Gasteiger partial charge in [0, 0.05) is 24.3 Å². The number of ether oxygens (including phenoxy) is 1. The van der Waals surface area contributed by atoms with Crippen LogP contribution in [0.3, 0.4) is 0 Å². The zero-order chi connectivity index (χ0) is 24.3. The summed E-state index contributed by atoms with van der Waals surface area (Å²) in [6.07, 6.45) is 7.08. The molecule has 0 aromatic carbocycles. The van der Waals surface area contributed by atoms with Crippen molar-refractivity contribution in [3.05, 3.63) is 49.8 Å². The molecule has 1 aliphatic carbocycles. The monoisotopic (exact) mass is 457 g/mol. The summed E-state index contributed by atoms with van der Waals surface area (Å²) in [4.78, 5) is 30.5. The van der Waals surface area contributed by atoms with Gasteiger partial charge in [-0.15, -0.1) is 0 Å². The number of aromatic nitrogens is 3. The summed E-state index contributed by atoms with van der Waals surface area (Å²) in [5, 5.41) is 18.3. The molecule has 0 atom stereocenters. The van der Waals surface area contributed by atoms with Crippen LogP contribution in [0, 0.1) is 17.7 Å². The molecule has 9 heteroatoms. The topological polar surface area (TPSA) is 136 Å². The number of hydrogen-bond acceptors (Lipinski definition) is 6. The van der Waals surface area contributed by atoms with E-state index in [2.05, 4.69) is 11.9 Å². The van der Waals surface area contributed by atoms with Gasteiger partial charge in [0.15, 0.2) is 0 Å². The molecule has 1 aliphatic rings. The van der Waals surface area contributed by atoms with Crippen molar-refractivity contribution < 1.29 is 9.84 Å². The number of pyridine rings is 1. The average molecular weight is 458 g/mol. The Bertz CT molecular complexity index is 1140. The Kier molecular flexibility index (Phi) is 7.29. The van der Waals surface area contributed by atoms with Crippen molar-refractivity contribution in [1.82, 2.24) is 14.1 Å². The Morgan fingerprint density at radius 1 is 1.36 bits per heavy atom. The minimum absolute atomic E-state index is 0.0127. The van der Waals surface area contributed by atoms with E-state index in [1.807, 2.05) is 19.9 Å². The molecule has 2 aromatic rings. The second kappa shape index (κ2) is 9.80. The van der Waals surface area contributed by atoms with E-state index in [0.29, 0.717) is 25.1 Å². The van der Waals surface area contributed by atoms with Gasteiger partial charge in [0.05, 0.1) is 7.11 Å². The molecule has 0 aliphatic heterocycles. The smallest absolute Gasteiger partial charge is 0.334 e. The number of unbranched alkanes of at least 4 members (excludes halogenated alkanes) is 1. The van der Waals surface area contributed by atoms with Crippen molar-refractivity contribution in [2.24, 2.45) is 11.1 Å². The highest BCUT2D eigenvalue weighted by atomic mass is 16.5. The first-order chi connectivity index (χ1) is 15.6. The van der Waals surface area contributed by atoms with E-state index >= 15 is 0 Å². The van der Waals surface area contributed by atoms with E-state index in [1.54, 1.807) is 13.3 Å². The van der Waals surface area contributed by atoms with Gasteiger partial charge in [0.1, 0.15) is 11.4 Å². The average Bonchev–Trinajstić information content (AvgIpc) is 2.76. The zero-order valence-corrected chi connectivity index (χ0v) is 20.0. The number of nitrogens with zero attached hydrogens (tertiary/aromatic N) is 3. The van der Waals surface area contributed by atoms with E-state index in [4.69, 9.17) is 15.9 Å². The Morgan fingerprint density at radius 2 is 2.03 bits per heavy atom. The summed E-state index contributed by atoms with van der Waals surface area (Å²) < 4.78 is 7.75. The molecule has 0 bridgehead atoms. The van der Waals surface area contributed by atoms with Gasteiger partial charge in [-0.25, -0.2) is 9.78 Å². The molecule has 0 radical (unpaired) electrons. The predicted molar refractivity (Wildman–Crippen MR) is 127 cm³/mol. The molecule has 0 spiro atoms. The Morgan fingerprint density at radius 3 is 2.61 bits per heavy atom. The Labute approximate surface area is 193 Å². The summed E-state index contributed by atoms with van der Waals surface area (Å²) in [6.45, 7) is 6.49. The lowest BCUT2D eigenvalue weighted by molar-refractivity contribution is 0.165. The molecular formula is C24H35N5O4. The molecule has 0 saturated heterocycles. The van der Waals surface area contributed by atoms with E-state index in [0.717, 1.165) is 31.2 Å². The molecule has 0 unspecified atom stereocenters. The SMILES string of the molecule is CCCCn1c(O)c(C(=N)N)c(=O)n(C2CCC(C)(Cc3ccnc(OC)c3C)CC2)c1=O. The van der Waals surface area contributed by atoms with Crippen LogP contribution in [-0.4, -0.2) is 32.2 Å². The van der Waals surface area contributed by atoms with Crippen LogP contribution in [-0.2, 0) is 13.0 Å². The lowest BCUT2D eigenvalue weighted by atomic mass is 9.70. The minimum Gasteiger partial charge on any atom is -0.494 e. The molecule has 2 heterocycles. The molecule has 1 saturated carbocycles. The van der Waals surface area contributed by atoms with Gasteiger partial charge in [-0.1, -0.05) is 20.3 Å². The van der Waals surface area contributed by atoms with Crippen LogP contribution < -0.4 is 21.7 Å². The Hall–Kier alpha value is -3.10. The molecule has 3 rings (SSSR count). The number of nitrogen functional groups attached to an aromatic ring is 1. The van der Waals surface area contributed by atoms with Crippen LogP contribution in [0.1, 0.15) is 75.1 Å². The van der Waals surface area contributed by atoms with Crippen LogP contribution in [0.2, 0.25) is 0 Å². The van der Waals surface area contributed by atoms with Gasteiger partial charge in [0.25, 0.3) is 5.56 Å². The van der Waals surface area contributed by atoms with E-state index in [1.165, 1.54) is 14.7 Å². The number of methoxy groups -OCH3 is 1. The van der Waals surface area contributed by atoms with Crippen LogP contribution in [0.5, 0.6) is 11.8 Å². The molecular weight excluding hydrogens is 422 g/mol. The second-order valence-corrected chi connectivity index (χ2v) is 9.40. The molecule has 4 N–H and O–H groups in total. The van der Waals surface area contributed by atoms with Gasteiger partial charge in [-0.2, -0.15) is 0 Å². The highest BCUT2D eigenvalue weighted by molar-refractivity contribution is 5.96. The van der Waals surface area contributed by atoms with Gasteiger partial charge in [-0.05, 0) is 62.5 Å². The number of nitrogens with two attached hydrogens (primary N) is 1. The third-order valence-electron chi connectivity index (χ3n) is 6.96. The van der Waals surface area contributed by atoms with Gasteiger partial charge >= 0.3 is 5.69 Å². The lowest BCUT2D eigenvalue weighted by Crippen LogP contribution is -2.46. The fourth-order valence-corrected chi connectivity index (χ4v) is 4.88. The standard InChI is InChI=1S/C24H35N5O4/c1-5-6-13-28-21(30)18(19(25)26)22(31)29(23(28)32)17-7-10-24(3,11-8-17)14-16-9-12-27-20(33-4)15(16)2/h9,12,17,30H,5-8,10-11,13-14H2,1-4H3,(H3,25,26). The maximum Gasteiger partial charge on any atom is 0.334 e. The largest absolute Gasteiger partial charge is 0.494 e. The zero-order valence-electron chi connectivity index (χ0n) is 20.0. The highest BCUT2D eigenvalue weighted by Crippen LogP contribution is 2.43. The summed E-state index contributed by atoms with van der Waals surface area (Å²) in [6, 6.07) is 1.73. The first kappa shape index (κ1) is 24.5. The summed E-state index contributed by atoms with van der Waals surface area (Å²) in [5.41, 5.74) is 6.34. The molecule has 9 nitrogen and oxygen atoms in total. The van der Waals surface area contributed by atoms with Crippen molar-refractivity contribution in [2.75, 3.05) is 7.11 Å². The fraction of sp³-hybridized carbons (Fsp3) is 0.583. The third-order valence-corrected chi connectivity index (χ3v) is 6.96. The van der Waals surface area contributed by atoms with Crippen molar-refractivity contribution in [2.45, 2.75) is 78.3 Å². The van der Waals surface area contributed by atoms with Gasteiger partial charge in [-0.3, -0.25) is 19.3 Å². The first-order valence-corrected chi connectivity index (χ1v) is 11.5. The fourth-order valence-electron chi connectivity index (χ4n) is 4.88. The lowest BCUT2D eigenvalue weighted by Gasteiger charge is -2.38. The third kappa shape index (κ3) is 4.82. The number of rotatable bonds is 8. The van der Waals surface area contributed by atoms with Crippen LogP contribution in [0.25, 0.3) is 0 Å².